The van der Waals surface area contributed by atoms with E-state index in [1.165, 1.54) is 11.0 Å². The zero-order valence-electron chi connectivity index (χ0n) is 18.3. The molecular formula is C24H16BrClF6N2O2. The van der Waals surface area contributed by atoms with Gasteiger partial charge in [-0.2, -0.15) is 26.3 Å². The Kier molecular flexibility index (Phi) is 6.76. The first-order valence-corrected chi connectivity index (χ1v) is 11.6. The van der Waals surface area contributed by atoms with Crippen molar-refractivity contribution in [2.45, 2.75) is 37.5 Å². The molecule has 4 nitrogen and oxygen atoms in total. The number of pyridine rings is 1. The molecule has 0 spiro atoms. The minimum absolute atomic E-state index is 0.0792. The highest BCUT2D eigenvalue weighted by Gasteiger charge is 2.54. The Bertz CT molecular complexity index is 1220. The minimum atomic E-state index is -4.60. The molecule has 12 heteroatoms. The molecule has 1 fully saturated rings. The summed E-state index contributed by atoms with van der Waals surface area (Å²) in [4.78, 5) is 18.6. The van der Waals surface area contributed by atoms with Crippen LogP contribution in [0.2, 0.25) is 5.15 Å². The van der Waals surface area contributed by atoms with Crippen LogP contribution in [0.1, 0.15) is 34.9 Å². The summed E-state index contributed by atoms with van der Waals surface area (Å²) in [6.45, 7) is 1.52. The largest absolute Gasteiger partial charge is 0.431 e. The third-order valence-corrected chi connectivity index (χ3v) is 6.96. The first-order valence-electron chi connectivity index (χ1n) is 10.4. The van der Waals surface area contributed by atoms with Crippen LogP contribution in [0.4, 0.5) is 31.1 Å². The average Bonchev–Trinajstić information content (AvgIpc) is 3.06. The Morgan fingerprint density at radius 1 is 0.917 bits per heavy atom. The quantitative estimate of drug-likeness (QED) is 0.229. The lowest BCUT2D eigenvalue weighted by Crippen LogP contribution is -2.42. The Balaban J connectivity index is 1.82. The molecule has 190 valence electrons. The molecule has 1 atom stereocenters. The van der Waals surface area contributed by atoms with Gasteiger partial charge in [0.25, 0.3) is 0 Å². The zero-order chi connectivity index (χ0) is 26.5. The van der Waals surface area contributed by atoms with Crippen molar-refractivity contribution < 1.29 is 35.9 Å². The molecule has 4 rings (SSSR count). The fourth-order valence-electron chi connectivity index (χ4n) is 4.17. The van der Waals surface area contributed by atoms with Crippen LogP contribution in [-0.2, 0) is 29.2 Å². The van der Waals surface area contributed by atoms with Gasteiger partial charge in [-0.15, -0.1) is 0 Å². The number of rotatable bonds is 4. The lowest BCUT2D eigenvalue weighted by atomic mass is 9.80. The van der Waals surface area contributed by atoms with Crippen LogP contribution in [0.5, 0.6) is 0 Å². The first-order chi connectivity index (χ1) is 16.7. The Morgan fingerprint density at radius 3 is 1.83 bits per heavy atom. The number of ether oxygens (including phenoxy) is 1. The van der Waals surface area contributed by atoms with Gasteiger partial charge in [0.05, 0.1) is 29.4 Å². The molecule has 0 aliphatic carbocycles. The van der Waals surface area contributed by atoms with E-state index in [2.05, 4.69) is 20.9 Å². The molecular weight excluding hydrogens is 578 g/mol. The molecule has 36 heavy (non-hydrogen) atoms. The van der Waals surface area contributed by atoms with E-state index in [-0.39, 0.29) is 22.8 Å². The van der Waals surface area contributed by atoms with Crippen LogP contribution in [0.3, 0.4) is 0 Å². The van der Waals surface area contributed by atoms with Crippen LogP contribution in [0, 0.1) is 0 Å². The van der Waals surface area contributed by atoms with E-state index in [4.69, 9.17) is 16.3 Å². The van der Waals surface area contributed by atoms with E-state index in [9.17, 15) is 31.1 Å². The van der Waals surface area contributed by atoms with E-state index in [0.29, 0.717) is 10.2 Å². The molecule has 2 aromatic carbocycles. The van der Waals surface area contributed by atoms with Gasteiger partial charge < -0.3 is 4.74 Å². The number of cyclic esters (lactones) is 1. The molecule has 1 saturated heterocycles. The summed E-state index contributed by atoms with van der Waals surface area (Å²) >= 11 is 9.31. The van der Waals surface area contributed by atoms with Crippen LogP contribution in [0.15, 0.2) is 65.1 Å². The number of nitrogens with zero attached hydrogens (tertiary/aromatic N) is 2. The van der Waals surface area contributed by atoms with Crippen LogP contribution in [0.25, 0.3) is 0 Å². The third kappa shape index (κ3) is 4.78. The van der Waals surface area contributed by atoms with E-state index in [1.54, 1.807) is 13.0 Å². The van der Waals surface area contributed by atoms with Gasteiger partial charge in [-0.3, -0.25) is 4.90 Å². The fraction of sp³-hybridized carbons (Fsp3) is 0.250. The van der Waals surface area contributed by atoms with Crippen molar-refractivity contribution >= 4 is 33.6 Å². The number of benzene rings is 2. The van der Waals surface area contributed by atoms with E-state index >= 15 is 0 Å². The SMILES string of the molecule is CC1N(Cc2nc(Cl)ccc2Br)C(=O)OC1(c1ccc(C(F)(F)F)cc1)c1ccc(C(F)(F)F)cc1. The van der Waals surface area contributed by atoms with Gasteiger partial charge in [0.2, 0.25) is 0 Å². The standard InChI is InChI=1S/C24H16BrClF6N2O2/c1-13-22(14-2-6-16(7-3-14)23(27,28)29,15-4-8-17(9-5-15)24(30,31)32)36-21(35)34(13)12-19-18(25)10-11-20(26)33-19/h2-11,13H,12H2,1H3. The summed E-state index contributed by atoms with van der Waals surface area (Å²) in [5.74, 6) is 0. The highest BCUT2D eigenvalue weighted by Crippen LogP contribution is 2.46. The van der Waals surface area contributed by atoms with Gasteiger partial charge >= 0.3 is 18.4 Å². The van der Waals surface area contributed by atoms with Crippen molar-refractivity contribution in [1.82, 2.24) is 9.88 Å². The van der Waals surface area contributed by atoms with E-state index in [0.717, 1.165) is 48.5 Å². The molecule has 1 aliphatic heterocycles. The Hall–Kier alpha value is -2.79. The monoisotopic (exact) mass is 592 g/mol. The molecule has 1 unspecified atom stereocenters. The molecule has 3 aromatic rings. The van der Waals surface area contributed by atoms with Crippen molar-refractivity contribution in [2.75, 3.05) is 0 Å². The summed E-state index contributed by atoms with van der Waals surface area (Å²) in [7, 11) is 0. The summed E-state index contributed by atoms with van der Waals surface area (Å²) in [5.41, 5.74) is -2.82. The molecule has 2 heterocycles. The van der Waals surface area contributed by atoms with Gasteiger partial charge in [-0.1, -0.05) is 35.9 Å². The van der Waals surface area contributed by atoms with Crippen LogP contribution >= 0.6 is 27.5 Å². The van der Waals surface area contributed by atoms with Gasteiger partial charge in [0.1, 0.15) is 5.15 Å². The lowest BCUT2D eigenvalue weighted by molar-refractivity contribution is -0.138. The van der Waals surface area contributed by atoms with Crippen molar-refractivity contribution in [3.05, 3.63) is 98.2 Å². The van der Waals surface area contributed by atoms with Crippen LogP contribution < -0.4 is 0 Å². The van der Waals surface area contributed by atoms with E-state index < -0.39 is 41.2 Å². The maximum atomic E-state index is 13.2. The normalized spacial score (nSPS) is 17.9. The second-order valence-electron chi connectivity index (χ2n) is 8.12. The summed E-state index contributed by atoms with van der Waals surface area (Å²) in [5, 5.41) is 0.171. The highest BCUT2D eigenvalue weighted by molar-refractivity contribution is 9.10. The second-order valence-corrected chi connectivity index (χ2v) is 9.36. The third-order valence-electron chi connectivity index (χ3n) is 6.03. The fourth-order valence-corrected chi connectivity index (χ4v) is 4.68. The smallest absolute Gasteiger partial charge is 0.416 e. The molecule has 0 radical (unpaired) electrons. The second kappa shape index (κ2) is 9.26. The number of alkyl halides is 6. The van der Waals surface area contributed by atoms with Gasteiger partial charge in [-0.25, -0.2) is 9.78 Å². The number of hydrogen-bond donors (Lipinski definition) is 0. The predicted octanol–water partition coefficient (Wildman–Crippen LogP) is 7.82. The number of halogens is 8. The van der Waals surface area contributed by atoms with Crippen molar-refractivity contribution in [3.8, 4) is 0 Å². The summed E-state index contributed by atoms with van der Waals surface area (Å²) < 4.78 is 85.3. The molecule has 0 saturated carbocycles. The lowest BCUT2D eigenvalue weighted by Gasteiger charge is -2.34. The highest BCUT2D eigenvalue weighted by atomic mass is 79.9. The maximum Gasteiger partial charge on any atom is 0.416 e. The summed E-state index contributed by atoms with van der Waals surface area (Å²) in [6, 6.07) is 10.3. The molecule has 1 aliphatic rings. The van der Waals surface area contributed by atoms with Crippen molar-refractivity contribution in [2.24, 2.45) is 0 Å². The Labute approximate surface area is 215 Å². The van der Waals surface area contributed by atoms with E-state index in [1.807, 2.05) is 0 Å². The molecule has 1 amide bonds. The molecule has 1 aromatic heterocycles. The van der Waals surface area contributed by atoms with Gasteiger partial charge in [0, 0.05) is 15.6 Å². The number of amides is 1. The number of carbonyl (C=O) groups is 1. The average molecular weight is 594 g/mol. The zero-order valence-corrected chi connectivity index (χ0v) is 20.6. The molecule has 0 N–H and O–H groups in total. The molecule has 0 bridgehead atoms. The first kappa shape index (κ1) is 26.3. The summed E-state index contributed by atoms with van der Waals surface area (Å²) in [6.07, 6.45) is -10.0. The van der Waals surface area contributed by atoms with Crippen molar-refractivity contribution in [1.29, 1.82) is 0 Å². The van der Waals surface area contributed by atoms with Crippen molar-refractivity contribution in [3.63, 3.8) is 0 Å². The number of hydrogen-bond acceptors (Lipinski definition) is 3. The van der Waals surface area contributed by atoms with Gasteiger partial charge in [-0.05, 0) is 59.3 Å². The number of carbonyl (C=O) groups excluding carboxylic acids is 1. The van der Waals surface area contributed by atoms with Crippen LogP contribution in [-0.4, -0.2) is 22.0 Å². The topological polar surface area (TPSA) is 42.4 Å². The maximum absolute atomic E-state index is 13.2. The Morgan fingerprint density at radius 2 is 1.39 bits per heavy atom. The predicted molar refractivity (Wildman–Crippen MR) is 122 cm³/mol. The van der Waals surface area contributed by atoms with Gasteiger partial charge in [0.15, 0.2) is 5.60 Å². The number of aromatic nitrogens is 1. The minimum Gasteiger partial charge on any atom is -0.431 e.